The van der Waals surface area contributed by atoms with Gasteiger partial charge in [0.15, 0.2) is 12.8 Å². The molecule has 2 rings (SSSR count). The molecule has 0 aliphatic carbocycles. The highest BCUT2D eigenvalue weighted by Gasteiger charge is 1.99. The monoisotopic (exact) mass is 245 g/mol. The molecule has 0 saturated heterocycles. The molecule has 0 aliphatic heterocycles. The second-order valence-electron chi connectivity index (χ2n) is 3.74. The van der Waals surface area contributed by atoms with E-state index >= 15 is 0 Å². The first-order chi connectivity index (χ1) is 8.24. The zero-order valence-corrected chi connectivity index (χ0v) is 9.97. The van der Waals surface area contributed by atoms with Crippen molar-refractivity contribution >= 4 is 17.8 Å². The largest absolute Gasteiger partial charge is 0.624 e. The van der Waals surface area contributed by atoms with Crippen LogP contribution >= 0.6 is 11.6 Å². The lowest BCUT2D eigenvalue weighted by Crippen LogP contribution is -2.05. The van der Waals surface area contributed by atoms with Crippen molar-refractivity contribution in [1.29, 1.82) is 0 Å². The van der Waals surface area contributed by atoms with Crippen molar-refractivity contribution in [1.82, 2.24) is 0 Å². The van der Waals surface area contributed by atoms with E-state index in [-0.39, 0.29) is 0 Å². The molecule has 86 valence electrons. The summed E-state index contributed by atoms with van der Waals surface area (Å²) in [5, 5.41) is 12.4. The van der Waals surface area contributed by atoms with Crippen LogP contribution in [0.25, 0.3) is 0 Å². The molecule has 0 aromatic heterocycles. The van der Waals surface area contributed by atoms with Gasteiger partial charge in [-0.05, 0) is 24.3 Å². The van der Waals surface area contributed by atoms with Gasteiger partial charge >= 0.3 is 0 Å². The number of hydroxylamine groups is 1. The van der Waals surface area contributed by atoms with Crippen molar-refractivity contribution in [3.63, 3.8) is 0 Å². The predicted octanol–water partition coefficient (Wildman–Crippen LogP) is 3.47. The quantitative estimate of drug-likeness (QED) is 0.352. The Morgan fingerprint density at radius 2 is 1.65 bits per heavy atom. The maximum Gasteiger partial charge on any atom is 0.182 e. The molecule has 0 heterocycles. The second-order valence-corrected chi connectivity index (χ2v) is 4.18. The number of benzene rings is 2. The van der Waals surface area contributed by atoms with Crippen LogP contribution in [0.4, 0.5) is 0 Å². The minimum atomic E-state index is 0.325. The molecule has 3 heteroatoms. The topological polar surface area (TPSA) is 26.1 Å². The lowest BCUT2D eigenvalue weighted by atomic mass is 10.2. The summed E-state index contributed by atoms with van der Waals surface area (Å²) in [5.74, 6) is 0. The van der Waals surface area contributed by atoms with Crippen LogP contribution in [0, 0.1) is 5.21 Å². The van der Waals surface area contributed by atoms with Crippen LogP contribution in [-0.2, 0) is 6.54 Å². The molecular weight excluding hydrogens is 234 g/mol. The third-order valence-corrected chi connectivity index (χ3v) is 2.60. The van der Waals surface area contributed by atoms with E-state index in [1.807, 2.05) is 42.5 Å². The van der Waals surface area contributed by atoms with Gasteiger partial charge in [0.2, 0.25) is 0 Å². The fraction of sp³-hybridized carbons (Fsp3) is 0.0714. The van der Waals surface area contributed by atoms with Crippen LogP contribution in [0.5, 0.6) is 0 Å². The van der Waals surface area contributed by atoms with Gasteiger partial charge in [0.05, 0.1) is 0 Å². The fourth-order valence-corrected chi connectivity index (χ4v) is 1.65. The van der Waals surface area contributed by atoms with E-state index in [4.69, 9.17) is 11.6 Å². The number of nitrogens with zero attached hydrogens (tertiary/aromatic N) is 1. The lowest BCUT2D eigenvalue weighted by molar-refractivity contribution is -0.469. The Morgan fingerprint density at radius 3 is 2.29 bits per heavy atom. The summed E-state index contributed by atoms with van der Waals surface area (Å²) in [6.45, 7) is 0.325. The first-order valence-corrected chi connectivity index (χ1v) is 5.70. The third kappa shape index (κ3) is 3.61. The van der Waals surface area contributed by atoms with Gasteiger partial charge in [-0.25, -0.2) is 4.74 Å². The van der Waals surface area contributed by atoms with Gasteiger partial charge in [-0.1, -0.05) is 41.9 Å². The fourth-order valence-electron chi connectivity index (χ4n) is 1.52. The molecule has 0 amide bonds. The van der Waals surface area contributed by atoms with Gasteiger partial charge in [-0.15, -0.1) is 0 Å². The first-order valence-electron chi connectivity index (χ1n) is 5.32. The smallest absolute Gasteiger partial charge is 0.182 e. The van der Waals surface area contributed by atoms with Crippen molar-refractivity contribution in [2.75, 3.05) is 0 Å². The van der Waals surface area contributed by atoms with Crippen LogP contribution in [0.3, 0.4) is 0 Å². The maximum absolute atomic E-state index is 11.7. The van der Waals surface area contributed by atoms with Crippen molar-refractivity contribution in [2.45, 2.75) is 6.54 Å². The van der Waals surface area contributed by atoms with Crippen LogP contribution in [0.2, 0.25) is 5.02 Å². The van der Waals surface area contributed by atoms with Crippen molar-refractivity contribution in [2.24, 2.45) is 0 Å². The average Bonchev–Trinajstić information content (AvgIpc) is 2.33. The normalized spacial score (nSPS) is 11.5. The average molecular weight is 246 g/mol. The zero-order valence-electron chi connectivity index (χ0n) is 9.21. The molecule has 0 spiro atoms. The maximum atomic E-state index is 11.7. The van der Waals surface area contributed by atoms with Crippen molar-refractivity contribution < 1.29 is 4.74 Å². The summed E-state index contributed by atoms with van der Waals surface area (Å²) in [7, 11) is 0. The Bertz CT molecular complexity index is 506. The highest BCUT2D eigenvalue weighted by atomic mass is 35.5. The molecule has 0 fully saturated rings. The van der Waals surface area contributed by atoms with Crippen LogP contribution < -0.4 is 0 Å². The number of halogens is 1. The van der Waals surface area contributed by atoms with E-state index in [1.54, 1.807) is 18.3 Å². The lowest BCUT2D eigenvalue weighted by Gasteiger charge is -2.04. The van der Waals surface area contributed by atoms with Gasteiger partial charge in [0, 0.05) is 16.1 Å². The summed E-state index contributed by atoms with van der Waals surface area (Å²) in [6.07, 6.45) is 1.58. The molecule has 2 nitrogen and oxygen atoms in total. The first kappa shape index (κ1) is 11.7. The summed E-state index contributed by atoms with van der Waals surface area (Å²) < 4.78 is 0.915. The third-order valence-electron chi connectivity index (χ3n) is 2.34. The number of rotatable bonds is 3. The molecule has 17 heavy (non-hydrogen) atoms. The van der Waals surface area contributed by atoms with E-state index in [0.29, 0.717) is 11.6 Å². The van der Waals surface area contributed by atoms with E-state index < -0.39 is 0 Å². The number of hydrogen-bond donors (Lipinski definition) is 0. The second kappa shape index (κ2) is 5.51. The molecule has 0 saturated carbocycles. The van der Waals surface area contributed by atoms with Gasteiger partial charge < -0.3 is 5.21 Å². The van der Waals surface area contributed by atoms with Crippen LogP contribution in [0.1, 0.15) is 11.1 Å². The Kier molecular flexibility index (Phi) is 3.78. The molecule has 0 atom stereocenters. The molecular formula is C14H12ClNO. The zero-order chi connectivity index (χ0) is 12.1. The molecule has 2 aromatic rings. The van der Waals surface area contributed by atoms with Gasteiger partial charge in [0.1, 0.15) is 0 Å². The van der Waals surface area contributed by atoms with Gasteiger partial charge in [-0.2, -0.15) is 0 Å². The Morgan fingerprint density at radius 1 is 1.00 bits per heavy atom. The molecule has 0 N–H and O–H groups in total. The standard InChI is InChI=1S/C14H12ClNO/c15-14-8-6-13(7-9-14)11-16(17)10-12-4-2-1-3-5-12/h1-10H,11H2. The molecule has 2 aromatic carbocycles. The highest BCUT2D eigenvalue weighted by molar-refractivity contribution is 6.30. The molecule has 0 radical (unpaired) electrons. The summed E-state index contributed by atoms with van der Waals surface area (Å²) in [5.41, 5.74) is 1.84. The Balaban J connectivity index is 2.09. The summed E-state index contributed by atoms with van der Waals surface area (Å²) in [6, 6.07) is 16.8. The molecule has 0 unspecified atom stereocenters. The van der Waals surface area contributed by atoms with Gasteiger partial charge in [-0.3, -0.25) is 0 Å². The number of hydrogen-bond acceptors (Lipinski definition) is 1. The van der Waals surface area contributed by atoms with E-state index in [0.717, 1.165) is 15.9 Å². The van der Waals surface area contributed by atoms with Crippen molar-refractivity contribution in [3.8, 4) is 0 Å². The van der Waals surface area contributed by atoms with Crippen molar-refractivity contribution in [3.05, 3.63) is 76.0 Å². The minimum Gasteiger partial charge on any atom is -0.624 e. The molecule has 0 bridgehead atoms. The highest BCUT2D eigenvalue weighted by Crippen LogP contribution is 2.10. The van der Waals surface area contributed by atoms with E-state index in [1.165, 1.54) is 0 Å². The van der Waals surface area contributed by atoms with Gasteiger partial charge in [0.25, 0.3) is 0 Å². The van der Waals surface area contributed by atoms with E-state index in [2.05, 4.69) is 0 Å². The molecule has 0 aliphatic rings. The summed E-state index contributed by atoms with van der Waals surface area (Å²) >= 11 is 5.78. The van der Waals surface area contributed by atoms with Crippen LogP contribution in [0.15, 0.2) is 54.6 Å². The Labute approximate surface area is 105 Å². The Hall–Kier alpha value is -1.80. The predicted molar refractivity (Wildman–Crippen MR) is 70.4 cm³/mol. The SMILES string of the molecule is [O-][N+](=Cc1ccccc1)Cc1ccc(Cl)cc1. The van der Waals surface area contributed by atoms with E-state index in [9.17, 15) is 5.21 Å². The minimum absolute atomic E-state index is 0.325. The van der Waals surface area contributed by atoms with Crippen LogP contribution in [-0.4, -0.2) is 11.0 Å². The summed E-state index contributed by atoms with van der Waals surface area (Å²) in [4.78, 5) is 0.